The number of nitrogens with zero attached hydrogens (tertiary/aromatic N) is 1. The highest BCUT2D eigenvalue weighted by atomic mass is 15.0. The standard InChI is InChI=1S/C11H18N2/c1-9-3-2-6-11(9,8-12)13-7-10-4-5-10/h9-10,13H,2-7H2,1H3. The van der Waals surface area contributed by atoms with Crippen molar-refractivity contribution in [2.24, 2.45) is 11.8 Å². The largest absolute Gasteiger partial charge is 0.299 e. The molecular formula is C11H18N2. The van der Waals surface area contributed by atoms with Crippen molar-refractivity contribution in [1.82, 2.24) is 5.32 Å². The fraction of sp³-hybridized carbons (Fsp3) is 0.909. The fourth-order valence-electron chi connectivity index (χ4n) is 2.30. The summed E-state index contributed by atoms with van der Waals surface area (Å²) in [7, 11) is 0. The summed E-state index contributed by atoms with van der Waals surface area (Å²) in [6.07, 6.45) is 6.21. The third kappa shape index (κ3) is 1.71. The summed E-state index contributed by atoms with van der Waals surface area (Å²) in [6, 6.07) is 2.50. The summed E-state index contributed by atoms with van der Waals surface area (Å²) in [5.74, 6) is 1.41. The van der Waals surface area contributed by atoms with Gasteiger partial charge in [-0.05, 0) is 44.1 Å². The van der Waals surface area contributed by atoms with Crippen LogP contribution in [0.4, 0.5) is 0 Å². The van der Waals surface area contributed by atoms with Crippen LogP contribution in [0.1, 0.15) is 39.0 Å². The molecule has 0 radical (unpaired) electrons. The Morgan fingerprint density at radius 3 is 2.69 bits per heavy atom. The van der Waals surface area contributed by atoms with Gasteiger partial charge in [0.05, 0.1) is 6.07 Å². The van der Waals surface area contributed by atoms with Gasteiger partial charge in [0, 0.05) is 0 Å². The van der Waals surface area contributed by atoms with E-state index in [9.17, 15) is 5.26 Å². The van der Waals surface area contributed by atoms with E-state index in [0.717, 1.165) is 18.9 Å². The summed E-state index contributed by atoms with van der Waals surface area (Å²) < 4.78 is 0. The summed E-state index contributed by atoms with van der Waals surface area (Å²) in [5.41, 5.74) is -0.178. The molecule has 0 spiro atoms. The maximum atomic E-state index is 9.21. The molecule has 0 saturated heterocycles. The quantitative estimate of drug-likeness (QED) is 0.718. The molecule has 0 aromatic carbocycles. The molecule has 2 atom stereocenters. The van der Waals surface area contributed by atoms with Gasteiger partial charge in [0.2, 0.25) is 0 Å². The highest BCUT2D eigenvalue weighted by Gasteiger charge is 2.41. The van der Waals surface area contributed by atoms with Gasteiger partial charge in [-0.2, -0.15) is 5.26 Å². The second kappa shape index (κ2) is 3.31. The Kier molecular flexibility index (Phi) is 2.29. The molecular weight excluding hydrogens is 160 g/mol. The molecule has 2 heteroatoms. The zero-order valence-corrected chi connectivity index (χ0v) is 8.34. The minimum absolute atomic E-state index is 0.178. The van der Waals surface area contributed by atoms with Crippen molar-refractivity contribution < 1.29 is 0 Å². The second-order valence-electron chi connectivity index (χ2n) is 4.70. The Bertz CT molecular complexity index is 227. The fourth-order valence-corrected chi connectivity index (χ4v) is 2.30. The molecule has 2 aliphatic carbocycles. The predicted octanol–water partition coefficient (Wildman–Crippen LogP) is 2.07. The van der Waals surface area contributed by atoms with Crippen LogP contribution in [0.25, 0.3) is 0 Å². The van der Waals surface area contributed by atoms with Crippen molar-refractivity contribution in [3.63, 3.8) is 0 Å². The van der Waals surface area contributed by atoms with E-state index in [1.54, 1.807) is 0 Å². The second-order valence-corrected chi connectivity index (χ2v) is 4.70. The first kappa shape index (κ1) is 9.02. The van der Waals surface area contributed by atoms with E-state index in [4.69, 9.17) is 0 Å². The molecule has 0 aromatic heterocycles. The van der Waals surface area contributed by atoms with Crippen LogP contribution in [0, 0.1) is 23.2 Å². The molecule has 2 nitrogen and oxygen atoms in total. The Morgan fingerprint density at radius 1 is 1.46 bits per heavy atom. The number of nitriles is 1. The van der Waals surface area contributed by atoms with Gasteiger partial charge in [-0.3, -0.25) is 5.32 Å². The molecule has 2 saturated carbocycles. The van der Waals surface area contributed by atoms with E-state index in [-0.39, 0.29) is 5.54 Å². The molecule has 2 rings (SSSR count). The number of hydrogen-bond donors (Lipinski definition) is 1. The van der Waals surface area contributed by atoms with E-state index in [0.29, 0.717) is 5.92 Å². The van der Waals surface area contributed by atoms with Gasteiger partial charge < -0.3 is 0 Å². The highest BCUT2D eigenvalue weighted by molar-refractivity contribution is 5.13. The molecule has 2 aliphatic rings. The average molecular weight is 178 g/mol. The van der Waals surface area contributed by atoms with Crippen molar-refractivity contribution in [2.45, 2.75) is 44.6 Å². The molecule has 2 unspecified atom stereocenters. The lowest BCUT2D eigenvalue weighted by Gasteiger charge is -2.27. The lowest BCUT2D eigenvalue weighted by atomic mass is 9.90. The molecule has 1 N–H and O–H groups in total. The van der Waals surface area contributed by atoms with Crippen LogP contribution in [-0.4, -0.2) is 12.1 Å². The van der Waals surface area contributed by atoms with E-state index in [2.05, 4.69) is 18.3 Å². The first-order valence-electron chi connectivity index (χ1n) is 5.43. The summed E-state index contributed by atoms with van der Waals surface area (Å²) >= 11 is 0. The Hall–Kier alpha value is -0.550. The molecule has 0 aliphatic heterocycles. The first-order valence-corrected chi connectivity index (χ1v) is 5.43. The minimum atomic E-state index is -0.178. The van der Waals surface area contributed by atoms with Crippen LogP contribution in [0.15, 0.2) is 0 Å². The Labute approximate surface area is 80.3 Å². The SMILES string of the molecule is CC1CCCC1(C#N)NCC1CC1. The summed E-state index contributed by atoms with van der Waals surface area (Å²) in [4.78, 5) is 0. The number of rotatable bonds is 3. The molecule has 2 fully saturated rings. The summed E-state index contributed by atoms with van der Waals surface area (Å²) in [5, 5.41) is 12.7. The lowest BCUT2D eigenvalue weighted by Crippen LogP contribution is -2.46. The van der Waals surface area contributed by atoms with Crippen LogP contribution >= 0.6 is 0 Å². The van der Waals surface area contributed by atoms with Gasteiger partial charge >= 0.3 is 0 Å². The van der Waals surface area contributed by atoms with Gasteiger partial charge in [-0.25, -0.2) is 0 Å². The van der Waals surface area contributed by atoms with Crippen LogP contribution in [-0.2, 0) is 0 Å². The van der Waals surface area contributed by atoms with Crippen molar-refractivity contribution in [3.8, 4) is 6.07 Å². The van der Waals surface area contributed by atoms with Gasteiger partial charge in [0.25, 0.3) is 0 Å². The predicted molar refractivity (Wildman–Crippen MR) is 52.1 cm³/mol. The Morgan fingerprint density at radius 2 is 2.23 bits per heavy atom. The summed E-state index contributed by atoms with van der Waals surface area (Å²) in [6.45, 7) is 3.27. The molecule has 0 bridgehead atoms. The Balaban J connectivity index is 1.93. The van der Waals surface area contributed by atoms with E-state index in [1.165, 1.54) is 25.7 Å². The highest BCUT2D eigenvalue weighted by Crippen LogP contribution is 2.36. The zero-order valence-electron chi connectivity index (χ0n) is 8.34. The van der Waals surface area contributed by atoms with Crippen LogP contribution in [0.3, 0.4) is 0 Å². The molecule has 72 valence electrons. The van der Waals surface area contributed by atoms with Crippen molar-refractivity contribution >= 4 is 0 Å². The third-order valence-corrected chi connectivity index (χ3v) is 3.65. The van der Waals surface area contributed by atoms with E-state index >= 15 is 0 Å². The maximum absolute atomic E-state index is 9.21. The van der Waals surface area contributed by atoms with Crippen LogP contribution in [0.2, 0.25) is 0 Å². The van der Waals surface area contributed by atoms with Crippen molar-refractivity contribution in [1.29, 1.82) is 5.26 Å². The maximum Gasteiger partial charge on any atom is 0.109 e. The van der Waals surface area contributed by atoms with Gasteiger partial charge in [0.1, 0.15) is 5.54 Å². The van der Waals surface area contributed by atoms with Gasteiger partial charge in [-0.1, -0.05) is 13.3 Å². The number of nitrogens with one attached hydrogen (secondary N) is 1. The van der Waals surface area contributed by atoms with E-state index in [1.807, 2.05) is 0 Å². The third-order valence-electron chi connectivity index (χ3n) is 3.65. The number of hydrogen-bond acceptors (Lipinski definition) is 2. The molecule has 0 heterocycles. The smallest absolute Gasteiger partial charge is 0.109 e. The molecule has 0 aromatic rings. The minimum Gasteiger partial charge on any atom is -0.299 e. The lowest BCUT2D eigenvalue weighted by molar-refractivity contribution is 0.332. The zero-order chi connectivity index (χ0) is 9.31. The monoisotopic (exact) mass is 178 g/mol. The molecule has 13 heavy (non-hydrogen) atoms. The van der Waals surface area contributed by atoms with E-state index < -0.39 is 0 Å². The van der Waals surface area contributed by atoms with Crippen molar-refractivity contribution in [3.05, 3.63) is 0 Å². The van der Waals surface area contributed by atoms with Crippen LogP contribution in [0.5, 0.6) is 0 Å². The van der Waals surface area contributed by atoms with Gasteiger partial charge in [0.15, 0.2) is 0 Å². The van der Waals surface area contributed by atoms with Crippen molar-refractivity contribution in [2.75, 3.05) is 6.54 Å². The topological polar surface area (TPSA) is 35.8 Å². The molecule has 0 amide bonds. The van der Waals surface area contributed by atoms with Gasteiger partial charge in [-0.15, -0.1) is 0 Å². The van der Waals surface area contributed by atoms with Crippen LogP contribution < -0.4 is 5.32 Å². The first-order chi connectivity index (χ1) is 6.27. The normalized spacial score (nSPS) is 38.9. The average Bonchev–Trinajstić information content (AvgIpc) is 2.89.